The van der Waals surface area contributed by atoms with Gasteiger partial charge in [-0.2, -0.15) is 0 Å². The number of aromatic amines is 1. The lowest BCUT2D eigenvalue weighted by atomic mass is 9.73. The van der Waals surface area contributed by atoms with Gasteiger partial charge in [-0.15, -0.1) is 0 Å². The number of hydrogen-bond acceptors (Lipinski definition) is 4. The highest BCUT2D eigenvalue weighted by Gasteiger charge is 2.29. The van der Waals surface area contributed by atoms with E-state index in [9.17, 15) is 9.59 Å². The Morgan fingerprint density at radius 1 is 1.42 bits per heavy atom. The monoisotopic (exact) mass is 264 g/mol. The van der Waals surface area contributed by atoms with Gasteiger partial charge in [-0.05, 0) is 31.1 Å². The second-order valence-electron chi connectivity index (χ2n) is 5.94. The van der Waals surface area contributed by atoms with E-state index < -0.39 is 11.5 Å². The van der Waals surface area contributed by atoms with Crippen molar-refractivity contribution in [1.29, 1.82) is 0 Å². The number of hydrogen-bond donors (Lipinski definition) is 1. The molecule has 1 aromatic rings. The Morgan fingerprint density at radius 2 is 2.05 bits per heavy atom. The van der Waals surface area contributed by atoms with Crippen molar-refractivity contribution in [2.24, 2.45) is 5.41 Å². The molecule has 5 heteroatoms. The van der Waals surface area contributed by atoms with Crippen molar-refractivity contribution in [2.45, 2.75) is 45.4 Å². The van der Waals surface area contributed by atoms with Crippen LogP contribution >= 0.6 is 0 Å². The highest BCUT2D eigenvalue weighted by Crippen LogP contribution is 2.41. The summed E-state index contributed by atoms with van der Waals surface area (Å²) in [5.74, 6) is 0.325. The first-order valence-corrected chi connectivity index (χ1v) is 6.60. The maximum atomic E-state index is 11.8. The highest BCUT2D eigenvalue weighted by molar-refractivity contribution is 5.88. The number of H-pyrrole nitrogens is 1. The van der Waals surface area contributed by atoms with Gasteiger partial charge in [0.1, 0.15) is 11.4 Å². The molecule has 0 unspecified atom stereocenters. The van der Waals surface area contributed by atoms with E-state index in [0.29, 0.717) is 11.2 Å². The molecule has 0 amide bonds. The third kappa shape index (κ3) is 3.03. The molecule has 1 aromatic heterocycles. The highest BCUT2D eigenvalue weighted by atomic mass is 16.5. The number of methoxy groups -OCH3 is 1. The van der Waals surface area contributed by atoms with Crippen molar-refractivity contribution in [1.82, 2.24) is 9.97 Å². The molecule has 0 atom stereocenters. The summed E-state index contributed by atoms with van der Waals surface area (Å²) in [6.07, 6.45) is 5.61. The number of carbonyl (C=O) groups is 1. The minimum Gasteiger partial charge on any atom is -0.465 e. The van der Waals surface area contributed by atoms with Gasteiger partial charge in [-0.3, -0.25) is 4.79 Å². The Morgan fingerprint density at radius 3 is 2.58 bits per heavy atom. The minimum absolute atomic E-state index is 0.0395. The van der Waals surface area contributed by atoms with Gasteiger partial charge < -0.3 is 9.72 Å². The molecule has 104 valence electrons. The number of ether oxygens (including phenoxy) is 1. The zero-order valence-corrected chi connectivity index (χ0v) is 11.7. The fraction of sp³-hybridized carbons (Fsp3) is 0.643. The molecule has 5 nitrogen and oxygen atoms in total. The summed E-state index contributed by atoms with van der Waals surface area (Å²) in [6.45, 7) is 4.53. The largest absolute Gasteiger partial charge is 0.465 e. The summed E-state index contributed by atoms with van der Waals surface area (Å²) in [7, 11) is 1.25. The van der Waals surface area contributed by atoms with Gasteiger partial charge in [0.05, 0.1) is 7.11 Å². The van der Waals surface area contributed by atoms with Crippen LogP contribution in [0.25, 0.3) is 0 Å². The standard InChI is InChI=1S/C14H20N2O3/c1-14(2)6-4-9(5-7-14)11-15-8-10(12(17)16-11)13(18)19-3/h8-9H,4-7H2,1-3H3,(H,15,16,17). The Kier molecular flexibility index (Phi) is 3.73. The van der Waals surface area contributed by atoms with E-state index >= 15 is 0 Å². The number of esters is 1. The fourth-order valence-electron chi connectivity index (χ4n) is 2.54. The molecule has 0 aromatic carbocycles. The quantitative estimate of drug-likeness (QED) is 0.831. The number of rotatable bonds is 2. The average molecular weight is 264 g/mol. The van der Waals surface area contributed by atoms with Gasteiger partial charge in [0.2, 0.25) is 0 Å². The number of carbonyl (C=O) groups excluding carboxylic acids is 1. The lowest BCUT2D eigenvalue weighted by Crippen LogP contribution is -2.25. The first kappa shape index (κ1) is 13.8. The molecule has 1 fully saturated rings. The van der Waals surface area contributed by atoms with Crippen LogP contribution in [-0.2, 0) is 4.74 Å². The molecule has 1 saturated carbocycles. The minimum atomic E-state index is -0.648. The SMILES string of the molecule is COC(=O)c1cnc(C2CCC(C)(C)CC2)[nH]c1=O. The predicted molar refractivity (Wildman–Crippen MR) is 71.2 cm³/mol. The van der Waals surface area contributed by atoms with Gasteiger partial charge in [0.15, 0.2) is 0 Å². The van der Waals surface area contributed by atoms with Crippen molar-refractivity contribution in [3.8, 4) is 0 Å². The summed E-state index contributed by atoms with van der Waals surface area (Å²) < 4.78 is 4.53. The summed E-state index contributed by atoms with van der Waals surface area (Å²) in [6, 6.07) is 0. The zero-order chi connectivity index (χ0) is 14.0. The topological polar surface area (TPSA) is 72.0 Å². The molecule has 19 heavy (non-hydrogen) atoms. The van der Waals surface area contributed by atoms with Crippen molar-refractivity contribution >= 4 is 5.97 Å². The summed E-state index contributed by atoms with van der Waals surface area (Å²) in [4.78, 5) is 30.1. The average Bonchev–Trinajstić information content (AvgIpc) is 2.37. The van der Waals surface area contributed by atoms with Gasteiger partial charge >= 0.3 is 5.97 Å². The number of aromatic nitrogens is 2. The van der Waals surface area contributed by atoms with Crippen LogP contribution in [0.5, 0.6) is 0 Å². The Balaban J connectivity index is 2.17. The van der Waals surface area contributed by atoms with Crippen LogP contribution in [0.1, 0.15) is 61.6 Å². The van der Waals surface area contributed by atoms with Crippen LogP contribution in [0, 0.1) is 5.41 Å². The summed E-state index contributed by atoms with van der Waals surface area (Å²) >= 11 is 0. The third-order valence-corrected chi connectivity index (χ3v) is 3.95. The molecular formula is C14H20N2O3. The Bertz CT molecular complexity index is 524. The third-order valence-electron chi connectivity index (χ3n) is 3.95. The van der Waals surface area contributed by atoms with Gasteiger partial charge in [0, 0.05) is 12.1 Å². The number of nitrogens with one attached hydrogen (secondary N) is 1. The second-order valence-corrected chi connectivity index (χ2v) is 5.94. The first-order valence-electron chi connectivity index (χ1n) is 6.60. The van der Waals surface area contributed by atoms with E-state index in [0.717, 1.165) is 25.7 Å². The van der Waals surface area contributed by atoms with E-state index in [2.05, 4.69) is 28.6 Å². The molecule has 2 rings (SSSR count). The fourth-order valence-corrected chi connectivity index (χ4v) is 2.54. The van der Waals surface area contributed by atoms with E-state index in [1.807, 2.05) is 0 Å². The molecule has 1 N–H and O–H groups in total. The van der Waals surface area contributed by atoms with E-state index in [-0.39, 0.29) is 11.5 Å². The molecule has 0 aliphatic heterocycles. The first-order chi connectivity index (χ1) is 8.93. The summed E-state index contributed by atoms with van der Waals surface area (Å²) in [5, 5.41) is 0. The molecule has 1 heterocycles. The molecule has 0 bridgehead atoms. The molecule has 0 saturated heterocycles. The van der Waals surface area contributed by atoms with E-state index in [4.69, 9.17) is 0 Å². The summed E-state index contributed by atoms with van der Waals surface area (Å²) in [5.41, 5.74) is -0.0768. The lowest BCUT2D eigenvalue weighted by Gasteiger charge is -2.33. The lowest BCUT2D eigenvalue weighted by molar-refractivity contribution is 0.0598. The Hall–Kier alpha value is -1.65. The molecule has 1 aliphatic rings. The molecular weight excluding hydrogens is 244 g/mol. The van der Waals surface area contributed by atoms with Gasteiger partial charge in [-0.25, -0.2) is 9.78 Å². The normalized spacial score (nSPS) is 19.1. The molecule has 0 radical (unpaired) electrons. The van der Waals surface area contributed by atoms with Crippen molar-refractivity contribution in [2.75, 3.05) is 7.11 Å². The van der Waals surface area contributed by atoms with Crippen LogP contribution in [0.2, 0.25) is 0 Å². The van der Waals surface area contributed by atoms with Crippen molar-refractivity contribution in [3.63, 3.8) is 0 Å². The predicted octanol–water partition coefficient (Wildman–Crippen LogP) is 2.24. The maximum absolute atomic E-state index is 11.8. The van der Waals surface area contributed by atoms with Gasteiger partial charge in [0.25, 0.3) is 5.56 Å². The van der Waals surface area contributed by atoms with Crippen LogP contribution < -0.4 is 5.56 Å². The molecule has 1 aliphatic carbocycles. The van der Waals surface area contributed by atoms with E-state index in [1.165, 1.54) is 13.3 Å². The van der Waals surface area contributed by atoms with Crippen LogP contribution in [0.4, 0.5) is 0 Å². The Labute approximate surface area is 112 Å². The maximum Gasteiger partial charge on any atom is 0.345 e. The zero-order valence-electron chi connectivity index (χ0n) is 11.7. The number of nitrogens with zero attached hydrogens (tertiary/aromatic N) is 1. The van der Waals surface area contributed by atoms with Gasteiger partial charge in [-0.1, -0.05) is 13.8 Å². The van der Waals surface area contributed by atoms with Crippen molar-refractivity contribution < 1.29 is 9.53 Å². The molecule has 0 spiro atoms. The van der Waals surface area contributed by atoms with Crippen LogP contribution in [0.3, 0.4) is 0 Å². The smallest absolute Gasteiger partial charge is 0.345 e. The second kappa shape index (κ2) is 5.15. The van der Waals surface area contributed by atoms with Crippen molar-refractivity contribution in [3.05, 3.63) is 27.9 Å². The van der Waals surface area contributed by atoms with Crippen LogP contribution in [-0.4, -0.2) is 23.0 Å². The van der Waals surface area contributed by atoms with Crippen LogP contribution in [0.15, 0.2) is 11.0 Å². The van der Waals surface area contributed by atoms with E-state index in [1.54, 1.807) is 0 Å².